The topological polar surface area (TPSA) is 69.7 Å². The van der Waals surface area contributed by atoms with Crippen molar-refractivity contribution < 1.29 is 13.2 Å². The molecule has 6 nitrogen and oxygen atoms in total. The van der Waals surface area contributed by atoms with Gasteiger partial charge in [-0.1, -0.05) is 50.2 Å². The molecule has 0 saturated carbocycles. The minimum atomic E-state index is -3.47. The van der Waals surface area contributed by atoms with Gasteiger partial charge in [-0.25, -0.2) is 13.2 Å². The van der Waals surface area contributed by atoms with E-state index in [2.05, 4.69) is 17.4 Å². The largest absolute Gasteiger partial charge is 0.331 e. The van der Waals surface area contributed by atoms with Crippen molar-refractivity contribution in [3.8, 4) is 0 Å². The first-order valence-electron chi connectivity index (χ1n) is 10.1. The number of halogens is 1. The van der Waals surface area contributed by atoms with Crippen LogP contribution in [-0.4, -0.2) is 43.3 Å². The van der Waals surface area contributed by atoms with Gasteiger partial charge in [0.05, 0.1) is 10.9 Å². The number of nitrogens with zero attached hydrogens (tertiary/aromatic N) is 2. The molecule has 1 heterocycles. The third kappa shape index (κ3) is 5.14. The number of sulfonamides is 1. The van der Waals surface area contributed by atoms with Crippen molar-refractivity contribution >= 4 is 28.5 Å². The molecule has 0 fully saturated rings. The van der Waals surface area contributed by atoms with Crippen LogP contribution in [0.25, 0.3) is 0 Å². The molecule has 3 rings (SSSR count). The lowest BCUT2D eigenvalue weighted by Gasteiger charge is -2.30. The van der Waals surface area contributed by atoms with Gasteiger partial charge >= 0.3 is 6.03 Å². The van der Waals surface area contributed by atoms with Crippen molar-refractivity contribution in [3.63, 3.8) is 0 Å². The van der Waals surface area contributed by atoms with E-state index in [1.807, 2.05) is 37.8 Å². The van der Waals surface area contributed by atoms with Gasteiger partial charge in [0.15, 0.2) is 0 Å². The van der Waals surface area contributed by atoms with E-state index in [1.165, 1.54) is 15.4 Å². The molecule has 8 heteroatoms. The molecule has 1 atom stereocenters. The van der Waals surface area contributed by atoms with E-state index in [0.717, 1.165) is 12.0 Å². The highest BCUT2D eigenvalue weighted by Gasteiger charge is 2.23. The number of hydrogen-bond donors (Lipinski definition) is 1. The maximum Gasteiger partial charge on any atom is 0.318 e. The van der Waals surface area contributed by atoms with Gasteiger partial charge in [-0.15, -0.1) is 12.4 Å². The summed E-state index contributed by atoms with van der Waals surface area (Å²) in [4.78, 5) is 14.8. The van der Waals surface area contributed by atoms with Crippen molar-refractivity contribution in [1.82, 2.24) is 14.5 Å². The zero-order chi connectivity index (χ0) is 21.0. The second kappa shape index (κ2) is 10.3. The number of nitrogens with one attached hydrogen (secondary N) is 1. The highest BCUT2D eigenvalue weighted by Crippen LogP contribution is 2.21. The zero-order valence-electron chi connectivity index (χ0n) is 17.7. The molecule has 0 spiro atoms. The molecule has 0 aromatic heterocycles. The SMILES string of the molecule is CCN(CC)S(=O)(=O)c1ccc(C(C)NC(=O)N2CCc3ccccc3C2)cc1.Cl. The lowest BCUT2D eigenvalue weighted by molar-refractivity contribution is 0.189. The van der Waals surface area contributed by atoms with Gasteiger partial charge in [0.1, 0.15) is 0 Å². The van der Waals surface area contributed by atoms with Gasteiger partial charge in [0, 0.05) is 26.2 Å². The van der Waals surface area contributed by atoms with E-state index >= 15 is 0 Å². The molecule has 164 valence electrons. The number of carbonyl (C=O) groups is 1. The van der Waals surface area contributed by atoms with Crippen molar-refractivity contribution in [2.24, 2.45) is 0 Å². The van der Waals surface area contributed by atoms with E-state index < -0.39 is 10.0 Å². The Bertz CT molecular complexity index is 960. The third-order valence-corrected chi connectivity index (χ3v) is 7.55. The van der Waals surface area contributed by atoms with Crippen molar-refractivity contribution in [2.45, 2.75) is 44.7 Å². The fourth-order valence-corrected chi connectivity index (χ4v) is 5.13. The van der Waals surface area contributed by atoms with Crippen LogP contribution in [0.4, 0.5) is 4.79 Å². The summed E-state index contributed by atoms with van der Waals surface area (Å²) in [6.07, 6.45) is 0.857. The van der Waals surface area contributed by atoms with Crippen molar-refractivity contribution in [2.75, 3.05) is 19.6 Å². The molecule has 30 heavy (non-hydrogen) atoms. The Hall–Kier alpha value is -2.09. The van der Waals surface area contributed by atoms with E-state index in [1.54, 1.807) is 24.3 Å². The van der Waals surface area contributed by atoms with Gasteiger partial charge in [-0.2, -0.15) is 4.31 Å². The minimum absolute atomic E-state index is 0. The number of benzene rings is 2. The molecule has 1 aliphatic rings. The number of hydrogen-bond acceptors (Lipinski definition) is 3. The highest BCUT2D eigenvalue weighted by atomic mass is 35.5. The molecule has 2 amide bonds. The van der Waals surface area contributed by atoms with Gasteiger partial charge in [-0.3, -0.25) is 0 Å². The van der Waals surface area contributed by atoms with Gasteiger partial charge in [0.25, 0.3) is 0 Å². The Labute approximate surface area is 185 Å². The smallest absolute Gasteiger partial charge is 0.318 e. The third-order valence-electron chi connectivity index (χ3n) is 5.48. The average molecular weight is 452 g/mol. The van der Waals surface area contributed by atoms with E-state index in [0.29, 0.717) is 26.2 Å². The molecule has 0 radical (unpaired) electrons. The predicted octanol–water partition coefficient (Wildman–Crippen LogP) is 3.97. The second-order valence-corrected chi connectivity index (χ2v) is 9.21. The standard InChI is InChI=1S/C22H29N3O3S.ClH/c1-4-25(5-2)29(27,28)21-12-10-18(11-13-21)17(3)23-22(26)24-15-14-19-8-6-7-9-20(19)16-24;/h6-13,17H,4-5,14-16H2,1-3H3,(H,23,26);1H. The molecule has 1 N–H and O–H groups in total. The van der Waals surface area contributed by atoms with E-state index in [4.69, 9.17) is 0 Å². The van der Waals surface area contributed by atoms with Gasteiger partial charge < -0.3 is 10.2 Å². The fourth-order valence-electron chi connectivity index (χ4n) is 3.67. The van der Waals surface area contributed by atoms with Crippen LogP contribution in [-0.2, 0) is 23.0 Å². The number of carbonyl (C=O) groups excluding carboxylic acids is 1. The lowest BCUT2D eigenvalue weighted by atomic mass is 10.0. The molecule has 1 aliphatic heterocycles. The highest BCUT2D eigenvalue weighted by molar-refractivity contribution is 7.89. The summed E-state index contributed by atoms with van der Waals surface area (Å²) < 4.78 is 26.7. The summed E-state index contributed by atoms with van der Waals surface area (Å²) in [5.41, 5.74) is 3.36. The van der Waals surface area contributed by atoms with Crippen LogP contribution in [0.1, 0.15) is 43.5 Å². The van der Waals surface area contributed by atoms with Crippen LogP contribution in [0.2, 0.25) is 0 Å². The molecular formula is C22H30ClN3O3S. The van der Waals surface area contributed by atoms with E-state index in [-0.39, 0.29) is 29.4 Å². The normalized spacial score (nSPS) is 14.6. The first-order valence-corrected chi connectivity index (χ1v) is 11.5. The summed E-state index contributed by atoms with van der Waals surface area (Å²) in [5, 5.41) is 3.03. The Kier molecular flexibility index (Phi) is 8.29. The summed E-state index contributed by atoms with van der Waals surface area (Å²) in [7, 11) is -3.47. The Morgan fingerprint density at radius 3 is 2.27 bits per heavy atom. The van der Waals surface area contributed by atoms with Crippen LogP contribution in [0.3, 0.4) is 0 Å². The molecular weight excluding hydrogens is 422 g/mol. The van der Waals surface area contributed by atoms with Gasteiger partial charge in [-0.05, 0) is 42.2 Å². The maximum atomic E-state index is 12.7. The average Bonchev–Trinajstić information content (AvgIpc) is 2.74. The second-order valence-electron chi connectivity index (χ2n) is 7.27. The number of urea groups is 1. The first kappa shape index (κ1) is 24.2. The Morgan fingerprint density at radius 2 is 1.67 bits per heavy atom. The van der Waals surface area contributed by atoms with Crippen LogP contribution >= 0.6 is 12.4 Å². The first-order chi connectivity index (χ1) is 13.9. The monoisotopic (exact) mass is 451 g/mol. The van der Waals surface area contributed by atoms with Crippen LogP contribution in [0.15, 0.2) is 53.4 Å². The number of amides is 2. The summed E-state index contributed by atoms with van der Waals surface area (Å²) >= 11 is 0. The van der Waals surface area contributed by atoms with Crippen LogP contribution in [0.5, 0.6) is 0 Å². The number of fused-ring (bicyclic) bond motifs is 1. The van der Waals surface area contributed by atoms with Gasteiger partial charge in [0.2, 0.25) is 10.0 Å². The summed E-state index contributed by atoms with van der Waals surface area (Å²) in [5.74, 6) is 0. The zero-order valence-corrected chi connectivity index (χ0v) is 19.3. The molecule has 2 aromatic rings. The summed E-state index contributed by atoms with van der Waals surface area (Å²) in [6, 6.07) is 14.6. The Balaban J connectivity index is 0.00000320. The minimum Gasteiger partial charge on any atom is -0.331 e. The number of rotatable bonds is 6. The molecule has 0 saturated heterocycles. The maximum absolute atomic E-state index is 12.7. The molecule has 0 aliphatic carbocycles. The molecule has 1 unspecified atom stereocenters. The quantitative estimate of drug-likeness (QED) is 0.722. The van der Waals surface area contributed by atoms with Crippen LogP contribution < -0.4 is 5.32 Å². The fraction of sp³-hybridized carbons (Fsp3) is 0.409. The van der Waals surface area contributed by atoms with Crippen molar-refractivity contribution in [1.29, 1.82) is 0 Å². The Morgan fingerprint density at radius 1 is 1.07 bits per heavy atom. The van der Waals surface area contributed by atoms with Crippen LogP contribution in [0, 0.1) is 0 Å². The lowest BCUT2D eigenvalue weighted by Crippen LogP contribution is -2.43. The van der Waals surface area contributed by atoms with Crippen molar-refractivity contribution in [3.05, 3.63) is 65.2 Å². The molecule has 0 bridgehead atoms. The summed E-state index contributed by atoms with van der Waals surface area (Å²) in [6.45, 7) is 7.73. The molecule has 2 aromatic carbocycles. The predicted molar refractivity (Wildman–Crippen MR) is 121 cm³/mol. The van der Waals surface area contributed by atoms with E-state index in [9.17, 15) is 13.2 Å².